The zero-order chi connectivity index (χ0) is 15.4. The second-order valence-corrected chi connectivity index (χ2v) is 7.52. The van der Waals surface area contributed by atoms with Crippen molar-refractivity contribution in [3.63, 3.8) is 0 Å². The van der Waals surface area contributed by atoms with Gasteiger partial charge in [0, 0.05) is 13.1 Å². The van der Waals surface area contributed by atoms with E-state index in [1.165, 1.54) is 32.1 Å². The monoisotopic (exact) mass is 305 g/mol. The van der Waals surface area contributed by atoms with Crippen LogP contribution in [0.3, 0.4) is 0 Å². The van der Waals surface area contributed by atoms with Gasteiger partial charge in [-0.25, -0.2) is 0 Å². The first-order valence-corrected chi connectivity index (χ1v) is 9.32. The van der Waals surface area contributed by atoms with Gasteiger partial charge in [0.2, 0.25) is 0 Å². The Hall–Kier alpha value is -0.830. The van der Waals surface area contributed by atoms with E-state index in [4.69, 9.17) is 4.74 Å². The standard InChI is InChI=1S/C19H31NO2/c1-2-17(22-16-9-4-5-10-16)18(21)20-14-8-13-19(15-20)11-6-3-7-12-19/h3,6,16-17H,2,4-5,7-15H2,1H3/t17-,19+/m0/s1. The summed E-state index contributed by atoms with van der Waals surface area (Å²) in [6.45, 7) is 3.95. The van der Waals surface area contributed by atoms with E-state index in [9.17, 15) is 4.79 Å². The fourth-order valence-corrected chi connectivity index (χ4v) is 4.50. The van der Waals surface area contributed by atoms with E-state index >= 15 is 0 Å². The number of hydrogen-bond acceptors (Lipinski definition) is 2. The SMILES string of the molecule is CC[C@H](OC1CCCC1)C(=O)N1CCC[C@]2(CC=CCC2)C1. The van der Waals surface area contributed by atoms with Crippen molar-refractivity contribution >= 4 is 5.91 Å². The maximum absolute atomic E-state index is 12.9. The zero-order valence-electron chi connectivity index (χ0n) is 14.1. The molecule has 1 aliphatic heterocycles. The van der Waals surface area contributed by atoms with Crippen LogP contribution in [0.15, 0.2) is 12.2 Å². The largest absolute Gasteiger partial charge is 0.365 e. The Kier molecular flexibility index (Phi) is 5.22. The Balaban J connectivity index is 1.60. The predicted molar refractivity (Wildman–Crippen MR) is 88.7 cm³/mol. The number of rotatable bonds is 4. The van der Waals surface area contributed by atoms with Crippen molar-refractivity contribution in [2.24, 2.45) is 5.41 Å². The van der Waals surface area contributed by atoms with Gasteiger partial charge in [-0.1, -0.05) is 31.9 Å². The molecule has 2 aliphatic carbocycles. The molecule has 0 N–H and O–H groups in total. The number of carbonyl (C=O) groups excluding carboxylic acids is 1. The van der Waals surface area contributed by atoms with Crippen LogP contribution in [-0.2, 0) is 9.53 Å². The summed E-state index contributed by atoms with van der Waals surface area (Å²) < 4.78 is 6.15. The highest BCUT2D eigenvalue weighted by molar-refractivity contribution is 5.81. The third kappa shape index (κ3) is 3.56. The van der Waals surface area contributed by atoms with Gasteiger partial charge < -0.3 is 9.64 Å². The molecule has 1 saturated heterocycles. The maximum atomic E-state index is 12.9. The van der Waals surface area contributed by atoms with E-state index in [1.54, 1.807) is 0 Å². The maximum Gasteiger partial charge on any atom is 0.251 e. The first kappa shape index (κ1) is 16.0. The molecule has 0 aromatic heterocycles. The zero-order valence-corrected chi connectivity index (χ0v) is 14.1. The van der Waals surface area contributed by atoms with Gasteiger partial charge in [-0.2, -0.15) is 0 Å². The Bertz CT molecular complexity index is 414. The summed E-state index contributed by atoms with van der Waals surface area (Å²) >= 11 is 0. The lowest BCUT2D eigenvalue weighted by Gasteiger charge is -2.44. The quantitative estimate of drug-likeness (QED) is 0.733. The minimum absolute atomic E-state index is 0.211. The van der Waals surface area contributed by atoms with E-state index in [2.05, 4.69) is 24.0 Å². The summed E-state index contributed by atoms with van der Waals surface area (Å²) in [5.74, 6) is 0.253. The number of allylic oxidation sites excluding steroid dienone is 2. The second kappa shape index (κ2) is 7.16. The van der Waals surface area contributed by atoms with Crippen LogP contribution in [0.4, 0.5) is 0 Å². The molecule has 2 fully saturated rings. The fourth-order valence-electron chi connectivity index (χ4n) is 4.50. The van der Waals surface area contributed by atoms with Crippen LogP contribution in [0, 0.1) is 5.41 Å². The lowest BCUT2D eigenvalue weighted by molar-refractivity contribution is -0.151. The lowest BCUT2D eigenvalue weighted by atomic mass is 9.71. The predicted octanol–water partition coefficient (Wildman–Crippen LogP) is 4.07. The molecule has 3 rings (SSSR count). The molecular weight excluding hydrogens is 274 g/mol. The van der Waals surface area contributed by atoms with Gasteiger partial charge in [-0.05, 0) is 56.8 Å². The Labute approximate surface area is 135 Å². The van der Waals surface area contributed by atoms with Crippen LogP contribution < -0.4 is 0 Å². The molecule has 0 aromatic rings. The van der Waals surface area contributed by atoms with Crippen molar-refractivity contribution in [1.82, 2.24) is 4.90 Å². The molecule has 0 unspecified atom stereocenters. The van der Waals surface area contributed by atoms with Crippen molar-refractivity contribution in [2.75, 3.05) is 13.1 Å². The van der Waals surface area contributed by atoms with Crippen molar-refractivity contribution < 1.29 is 9.53 Å². The summed E-state index contributed by atoms with van der Waals surface area (Å²) in [7, 11) is 0. The molecule has 1 amide bonds. The van der Waals surface area contributed by atoms with Crippen LogP contribution in [-0.4, -0.2) is 36.1 Å². The molecule has 0 aromatic carbocycles. The molecule has 3 nitrogen and oxygen atoms in total. The minimum Gasteiger partial charge on any atom is -0.365 e. The molecule has 1 saturated carbocycles. The molecule has 22 heavy (non-hydrogen) atoms. The first-order valence-electron chi connectivity index (χ1n) is 9.32. The Morgan fingerprint density at radius 3 is 2.77 bits per heavy atom. The molecule has 3 heteroatoms. The fraction of sp³-hybridized carbons (Fsp3) is 0.842. The van der Waals surface area contributed by atoms with Gasteiger partial charge in [0.15, 0.2) is 0 Å². The third-order valence-electron chi connectivity index (χ3n) is 5.84. The topological polar surface area (TPSA) is 29.5 Å². The van der Waals surface area contributed by atoms with Crippen LogP contribution in [0.2, 0.25) is 0 Å². The van der Waals surface area contributed by atoms with Gasteiger partial charge in [0.25, 0.3) is 5.91 Å². The van der Waals surface area contributed by atoms with E-state index in [0.29, 0.717) is 11.5 Å². The van der Waals surface area contributed by atoms with E-state index in [0.717, 1.165) is 45.2 Å². The van der Waals surface area contributed by atoms with E-state index in [-0.39, 0.29) is 12.0 Å². The molecule has 0 radical (unpaired) electrons. The van der Waals surface area contributed by atoms with Crippen LogP contribution in [0.1, 0.15) is 71.1 Å². The van der Waals surface area contributed by atoms with Crippen molar-refractivity contribution in [1.29, 1.82) is 0 Å². The van der Waals surface area contributed by atoms with Gasteiger partial charge in [-0.15, -0.1) is 0 Å². The van der Waals surface area contributed by atoms with Gasteiger partial charge >= 0.3 is 0 Å². The molecule has 1 spiro atoms. The van der Waals surface area contributed by atoms with Gasteiger partial charge in [-0.3, -0.25) is 4.79 Å². The van der Waals surface area contributed by atoms with Crippen LogP contribution in [0.5, 0.6) is 0 Å². The average Bonchev–Trinajstić information content (AvgIpc) is 3.06. The lowest BCUT2D eigenvalue weighted by Crippen LogP contribution is -2.50. The number of piperidine rings is 1. The number of amides is 1. The Morgan fingerprint density at radius 1 is 1.27 bits per heavy atom. The first-order chi connectivity index (χ1) is 10.7. The molecular formula is C19H31NO2. The molecule has 124 valence electrons. The third-order valence-corrected chi connectivity index (χ3v) is 5.84. The van der Waals surface area contributed by atoms with Crippen LogP contribution >= 0.6 is 0 Å². The molecule has 2 atom stereocenters. The number of nitrogens with zero attached hydrogens (tertiary/aromatic N) is 1. The summed E-state index contributed by atoms with van der Waals surface area (Å²) in [6, 6.07) is 0. The average molecular weight is 305 g/mol. The smallest absolute Gasteiger partial charge is 0.251 e. The van der Waals surface area contributed by atoms with E-state index < -0.39 is 0 Å². The highest BCUT2D eigenvalue weighted by atomic mass is 16.5. The summed E-state index contributed by atoms with van der Waals surface area (Å²) in [6.07, 6.45) is 16.3. The minimum atomic E-state index is -0.211. The highest BCUT2D eigenvalue weighted by Gasteiger charge is 2.38. The van der Waals surface area contributed by atoms with Crippen molar-refractivity contribution in [3.05, 3.63) is 12.2 Å². The summed E-state index contributed by atoms with van der Waals surface area (Å²) in [5, 5.41) is 0. The second-order valence-electron chi connectivity index (χ2n) is 7.52. The molecule has 1 heterocycles. The summed E-state index contributed by atoms with van der Waals surface area (Å²) in [5.41, 5.74) is 0.355. The number of hydrogen-bond donors (Lipinski definition) is 0. The van der Waals surface area contributed by atoms with Crippen molar-refractivity contribution in [3.8, 4) is 0 Å². The number of ether oxygens (including phenoxy) is 1. The van der Waals surface area contributed by atoms with Crippen molar-refractivity contribution in [2.45, 2.75) is 83.3 Å². The highest BCUT2D eigenvalue weighted by Crippen LogP contribution is 2.41. The molecule has 3 aliphatic rings. The van der Waals surface area contributed by atoms with Gasteiger partial charge in [0.1, 0.15) is 6.10 Å². The van der Waals surface area contributed by atoms with Crippen LogP contribution in [0.25, 0.3) is 0 Å². The normalized spacial score (nSPS) is 30.9. The number of carbonyl (C=O) groups is 1. The number of likely N-dealkylation sites (tertiary alicyclic amines) is 1. The Morgan fingerprint density at radius 2 is 2.09 bits per heavy atom. The summed E-state index contributed by atoms with van der Waals surface area (Å²) in [4.78, 5) is 15.0. The molecule has 0 bridgehead atoms. The van der Waals surface area contributed by atoms with E-state index in [1.807, 2.05) is 0 Å². The van der Waals surface area contributed by atoms with Gasteiger partial charge in [0.05, 0.1) is 6.10 Å².